The molecule has 2 N–H and O–H groups in total. The molecule has 0 unspecified atom stereocenters. The molecule has 1 amide bonds. The number of carbonyl (C=O) groups is 1. The fourth-order valence-electron chi connectivity index (χ4n) is 2.66. The molecule has 1 fully saturated rings. The van der Waals surface area contributed by atoms with Crippen LogP contribution in [0.3, 0.4) is 0 Å². The summed E-state index contributed by atoms with van der Waals surface area (Å²) in [6.45, 7) is 5.59. The molecule has 0 atom stereocenters. The van der Waals surface area contributed by atoms with Crippen molar-refractivity contribution in [2.45, 2.75) is 19.8 Å². The van der Waals surface area contributed by atoms with Crippen molar-refractivity contribution in [1.82, 2.24) is 5.32 Å². The second kappa shape index (κ2) is 6.79. The molecule has 5 heteroatoms. The lowest BCUT2D eigenvalue weighted by molar-refractivity contribution is -0.133. The van der Waals surface area contributed by atoms with E-state index in [0.29, 0.717) is 31.4 Å². The molecule has 1 aromatic heterocycles. The van der Waals surface area contributed by atoms with E-state index in [1.807, 2.05) is 18.2 Å². The van der Waals surface area contributed by atoms with Gasteiger partial charge in [0.05, 0.1) is 25.2 Å². The number of aliphatic hydroxyl groups is 1. The summed E-state index contributed by atoms with van der Waals surface area (Å²) in [6.07, 6.45) is 0. The lowest BCUT2D eigenvalue weighted by Gasteiger charge is -2.39. The van der Waals surface area contributed by atoms with Crippen LogP contribution in [0.25, 0.3) is 11.3 Å². The second-order valence-electron chi connectivity index (χ2n) is 6.78. The van der Waals surface area contributed by atoms with Crippen molar-refractivity contribution >= 4 is 5.91 Å². The first kappa shape index (κ1) is 16.7. The minimum Gasteiger partial charge on any atom is -0.451 e. The number of hydrogen-bond acceptors (Lipinski definition) is 4. The predicted octanol–water partition coefficient (Wildman–Crippen LogP) is 2.81. The van der Waals surface area contributed by atoms with Crippen LogP contribution in [0.1, 0.15) is 35.9 Å². The molecule has 0 spiro atoms. The summed E-state index contributed by atoms with van der Waals surface area (Å²) in [5.74, 6) is 1.10. The fourth-order valence-corrected chi connectivity index (χ4v) is 2.66. The average molecular weight is 329 g/mol. The SMILES string of the molecule is CC(C)c1cccc(-c2ccc(C(=O)NCC3(CO)COC3)o2)c1. The molecular weight excluding hydrogens is 306 g/mol. The van der Waals surface area contributed by atoms with Gasteiger partial charge in [-0.1, -0.05) is 32.0 Å². The van der Waals surface area contributed by atoms with Crippen LogP contribution in [0.15, 0.2) is 40.8 Å². The predicted molar refractivity (Wildman–Crippen MR) is 90.9 cm³/mol. The molecule has 3 rings (SSSR count). The highest BCUT2D eigenvalue weighted by Crippen LogP contribution is 2.27. The van der Waals surface area contributed by atoms with Crippen molar-refractivity contribution in [3.63, 3.8) is 0 Å². The Balaban J connectivity index is 1.68. The molecule has 2 aromatic rings. The van der Waals surface area contributed by atoms with Gasteiger partial charge in [0.25, 0.3) is 5.91 Å². The quantitative estimate of drug-likeness (QED) is 0.855. The van der Waals surface area contributed by atoms with Crippen LogP contribution < -0.4 is 5.32 Å². The van der Waals surface area contributed by atoms with E-state index in [2.05, 4.69) is 31.3 Å². The molecule has 2 heterocycles. The molecule has 0 bridgehead atoms. The zero-order valence-corrected chi connectivity index (χ0v) is 14.0. The highest BCUT2D eigenvalue weighted by Gasteiger charge is 2.38. The standard InChI is InChI=1S/C19H23NO4/c1-13(2)14-4-3-5-15(8-14)16-6-7-17(24-16)18(22)20-9-19(10-21)11-23-12-19/h3-8,13,21H,9-12H2,1-2H3,(H,20,22). The van der Waals surface area contributed by atoms with E-state index in [-0.39, 0.29) is 23.7 Å². The van der Waals surface area contributed by atoms with Gasteiger partial charge in [-0.15, -0.1) is 0 Å². The third-order valence-electron chi connectivity index (χ3n) is 4.44. The molecule has 24 heavy (non-hydrogen) atoms. The van der Waals surface area contributed by atoms with E-state index in [0.717, 1.165) is 5.56 Å². The summed E-state index contributed by atoms with van der Waals surface area (Å²) in [4.78, 5) is 12.2. The van der Waals surface area contributed by atoms with E-state index in [9.17, 15) is 9.90 Å². The van der Waals surface area contributed by atoms with Gasteiger partial charge in [0.1, 0.15) is 5.76 Å². The lowest BCUT2D eigenvalue weighted by atomic mass is 9.87. The van der Waals surface area contributed by atoms with Gasteiger partial charge in [0.15, 0.2) is 5.76 Å². The van der Waals surface area contributed by atoms with Gasteiger partial charge in [0.2, 0.25) is 0 Å². The Kier molecular flexibility index (Phi) is 4.73. The van der Waals surface area contributed by atoms with Crippen molar-refractivity contribution in [3.05, 3.63) is 47.7 Å². The highest BCUT2D eigenvalue weighted by atomic mass is 16.5. The largest absolute Gasteiger partial charge is 0.451 e. The molecule has 0 aliphatic carbocycles. The van der Waals surface area contributed by atoms with Crippen LogP contribution >= 0.6 is 0 Å². The number of aliphatic hydroxyl groups excluding tert-OH is 1. The van der Waals surface area contributed by atoms with Crippen molar-refractivity contribution in [1.29, 1.82) is 0 Å². The monoisotopic (exact) mass is 329 g/mol. The average Bonchev–Trinajstić information content (AvgIpc) is 3.04. The van der Waals surface area contributed by atoms with Crippen LogP contribution in [0.5, 0.6) is 0 Å². The number of benzene rings is 1. The van der Waals surface area contributed by atoms with Crippen LogP contribution in [-0.2, 0) is 4.74 Å². The van der Waals surface area contributed by atoms with Crippen LogP contribution in [0.4, 0.5) is 0 Å². The first-order valence-corrected chi connectivity index (χ1v) is 8.20. The minimum atomic E-state index is -0.351. The molecule has 0 saturated carbocycles. The molecule has 5 nitrogen and oxygen atoms in total. The Morgan fingerprint density at radius 3 is 2.71 bits per heavy atom. The van der Waals surface area contributed by atoms with E-state index < -0.39 is 0 Å². The zero-order chi connectivity index (χ0) is 17.2. The third kappa shape index (κ3) is 3.37. The maximum atomic E-state index is 12.2. The Hall–Kier alpha value is -2.11. The maximum Gasteiger partial charge on any atom is 0.287 e. The van der Waals surface area contributed by atoms with Gasteiger partial charge < -0.3 is 19.6 Å². The number of rotatable bonds is 6. The topological polar surface area (TPSA) is 71.7 Å². The van der Waals surface area contributed by atoms with Crippen LogP contribution in [0.2, 0.25) is 0 Å². The maximum absolute atomic E-state index is 12.2. The summed E-state index contributed by atoms with van der Waals surface area (Å²) in [7, 11) is 0. The van der Waals surface area contributed by atoms with Gasteiger partial charge in [-0.2, -0.15) is 0 Å². The summed E-state index contributed by atoms with van der Waals surface area (Å²) < 4.78 is 10.8. The van der Waals surface area contributed by atoms with Gasteiger partial charge in [-0.3, -0.25) is 4.79 Å². The Morgan fingerprint density at radius 2 is 2.08 bits per heavy atom. The normalized spacial score (nSPS) is 16.0. The summed E-state index contributed by atoms with van der Waals surface area (Å²) in [5.41, 5.74) is 1.83. The summed E-state index contributed by atoms with van der Waals surface area (Å²) >= 11 is 0. The van der Waals surface area contributed by atoms with Gasteiger partial charge >= 0.3 is 0 Å². The number of hydrogen-bond donors (Lipinski definition) is 2. The van der Waals surface area contributed by atoms with Gasteiger partial charge in [-0.05, 0) is 29.7 Å². The Morgan fingerprint density at radius 1 is 1.29 bits per heavy atom. The molecular formula is C19H23NO4. The highest BCUT2D eigenvalue weighted by molar-refractivity contribution is 5.92. The van der Waals surface area contributed by atoms with E-state index >= 15 is 0 Å². The van der Waals surface area contributed by atoms with Crippen molar-refractivity contribution in [3.8, 4) is 11.3 Å². The molecule has 1 aliphatic heterocycles. The van der Waals surface area contributed by atoms with Crippen LogP contribution in [-0.4, -0.2) is 37.4 Å². The lowest BCUT2D eigenvalue weighted by Crippen LogP contribution is -2.53. The minimum absolute atomic E-state index is 0.00131. The molecule has 1 aliphatic rings. The smallest absolute Gasteiger partial charge is 0.287 e. The third-order valence-corrected chi connectivity index (χ3v) is 4.44. The number of amides is 1. The number of carbonyl (C=O) groups excluding carboxylic acids is 1. The van der Waals surface area contributed by atoms with Gasteiger partial charge in [0, 0.05) is 12.1 Å². The van der Waals surface area contributed by atoms with Crippen molar-refractivity contribution < 1.29 is 19.1 Å². The van der Waals surface area contributed by atoms with E-state index in [1.165, 1.54) is 5.56 Å². The van der Waals surface area contributed by atoms with Gasteiger partial charge in [-0.25, -0.2) is 0 Å². The molecule has 128 valence electrons. The van der Waals surface area contributed by atoms with E-state index in [4.69, 9.17) is 9.15 Å². The summed E-state index contributed by atoms with van der Waals surface area (Å²) in [5, 5.41) is 12.2. The number of nitrogens with one attached hydrogen (secondary N) is 1. The second-order valence-corrected chi connectivity index (χ2v) is 6.78. The Labute approximate surface area is 141 Å². The van der Waals surface area contributed by atoms with Crippen molar-refractivity contribution in [2.75, 3.05) is 26.4 Å². The first-order chi connectivity index (χ1) is 11.5. The van der Waals surface area contributed by atoms with Crippen LogP contribution in [0, 0.1) is 5.41 Å². The molecule has 0 radical (unpaired) electrons. The van der Waals surface area contributed by atoms with E-state index in [1.54, 1.807) is 6.07 Å². The molecule has 1 saturated heterocycles. The van der Waals surface area contributed by atoms with Crippen molar-refractivity contribution in [2.24, 2.45) is 5.41 Å². The number of furan rings is 1. The number of ether oxygens (including phenoxy) is 1. The summed E-state index contributed by atoms with van der Waals surface area (Å²) in [6, 6.07) is 11.6. The Bertz CT molecular complexity index is 710. The zero-order valence-electron chi connectivity index (χ0n) is 14.0. The fraction of sp³-hybridized carbons (Fsp3) is 0.421. The molecule has 1 aromatic carbocycles. The first-order valence-electron chi connectivity index (χ1n) is 8.20.